The van der Waals surface area contributed by atoms with Gasteiger partial charge in [-0.25, -0.2) is 0 Å². The molecule has 0 fully saturated rings. The van der Waals surface area contributed by atoms with Crippen LogP contribution < -0.4 is 5.32 Å². The monoisotopic (exact) mass is 207 g/mol. The van der Waals surface area contributed by atoms with Crippen molar-refractivity contribution in [3.8, 4) is 5.75 Å². The van der Waals surface area contributed by atoms with Crippen molar-refractivity contribution in [1.82, 2.24) is 5.32 Å². The first kappa shape index (κ1) is 12.1. The summed E-state index contributed by atoms with van der Waals surface area (Å²) in [5.41, 5.74) is 3.55. The standard InChI is InChI=1S/C13H21NO/c1-9(2)12-8-11(5-6-14-4)13(15)7-10(12)3/h7-9,14-15H,5-6H2,1-4H3. The molecule has 0 unspecified atom stereocenters. The summed E-state index contributed by atoms with van der Waals surface area (Å²) in [7, 11) is 1.93. The number of nitrogens with one attached hydrogen (secondary N) is 1. The number of benzene rings is 1. The van der Waals surface area contributed by atoms with E-state index in [9.17, 15) is 5.11 Å². The van der Waals surface area contributed by atoms with Gasteiger partial charge in [0.2, 0.25) is 0 Å². The Kier molecular flexibility index (Phi) is 4.15. The third kappa shape index (κ3) is 2.96. The van der Waals surface area contributed by atoms with E-state index in [2.05, 4.69) is 32.2 Å². The Morgan fingerprint density at radius 1 is 1.33 bits per heavy atom. The van der Waals surface area contributed by atoms with Crippen LogP contribution in [0.25, 0.3) is 0 Å². The molecule has 0 heterocycles. The fourth-order valence-corrected chi connectivity index (χ4v) is 1.84. The van der Waals surface area contributed by atoms with E-state index < -0.39 is 0 Å². The van der Waals surface area contributed by atoms with Crippen LogP contribution in [0.1, 0.15) is 36.5 Å². The highest BCUT2D eigenvalue weighted by Crippen LogP contribution is 2.27. The lowest BCUT2D eigenvalue weighted by atomic mass is 9.94. The summed E-state index contributed by atoms with van der Waals surface area (Å²) in [5, 5.41) is 12.9. The highest BCUT2D eigenvalue weighted by atomic mass is 16.3. The molecule has 15 heavy (non-hydrogen) atoms. The van der Waals surface area contributed by atoms with Crippen LogP contribution in [-0.4, -0.2) is 18.7 Å². The molecule has 2 heteroatoms. The molecule has 2 nitrogen and oxygen atoms in total. The predicted molar refractivity (Wildman–Crippen MR) is 64.6 cm³/mol. The molecular formula is C13H21NO. The number of rotatable bonds is 4. The summed E-state index contributed by atoms with van der Waals surface area (Å²) < 4.78 is 0. The van der Waals surface area contributed by atoms with Crippen molar-refractivity contribution >= 4 is 0 Å². The maximum Gasteiger partial charge on any atom is 0.119 e. The molecule has 0 radical (unpaired) electrons. The van der Waals surface area contributed by atoms with Gasteiger partial charge in [-0.2, -0.15) is 0 Å². The molecule has 84 valence electrons. The lowest BCUT2D eigenvalue weighted by molar-refractivity contribution is 0.466. The number of likely N-dealkylation sites (N-methyl/N-ethyl adjacent to an activating group) is 1. The lowest BCUT2D eigenvalue weighted by Crippen LogP contribution is -2.10. The van der Waals surface area contributed by atoms with Crippen molar-refractivity contribution in [2.75, 3.05) is 13.6 Å². The summed E-state index contributed by atoms with van der Waals surface area (Å²) in [6.07, 6.45) is 0.877. The van der Waals surface area contributed by atoms with Crippen LogP contribution in [0, 0.1) is 6.92 Å². The van der Waals surface area contributed by atoms with Gasteiger partial charge in [-0.3, -0.25) is 0 Å². The normalized spacial score (nSPS) is 11.0. The predicted octanol–water partition coefficient (Wildman–Crippen LogP) is 2.59. The van der Waals surface area contributed by atoms with E-state index in [-0.39, 0.29) is 0 Å². The van der Waals surface area contributed by atoms with E-state index in [1.807, 2.05) is 13.1 Å². The van der Waals surface area contributed by atoms with E-state index in [1.54, 1.807) is 0 Å². The fraction of sp³-hybridized carbons (Fsp3) is 0.538. The Balaban J connectivity index is 3.00. The number of aryl methyl sites for hydroxylation is 1. The van der Waals surface area contributed by atoms with Gasteiger partial charge < -0.3 is 10.4 Å². The zero-order valence-electron chi connectivity index (χ0n) is 10.1. The van der Waals surface area contributed by atoms with Crippen LogP contribution in [0.5, 0.6) is 5.75 Å². The molecule has 0 aromatic heterocycles. The average Bonchev–Trinajstić information content (AvgIpc) is 2.16. The molecule has 0 atom stereocenters. The molecule has 0 aliphatic carbocycles. The SMILES string of the molecule is CNCCc1cc(C(C)C)c(C)cc1O. The highest BCUT2D eigenvalue weighted by molar-refractivity contribution is 5.42. The number of aromatic hydroxyl groups is 1. The number of hydrogen-bond donors (Lipinski definition) is 2. The molecule has 0 spiro atoms. The average molecular weight is 207 g/mol. The van der Waals surface area contributed by atoms with E-state index in [1.165, 1.54) is 11.1 Å². The summed E-state index contributed by atoms with van der Waals surface area (Å²) in [5.74, 6) is 0.936. The zero-order chi connectivity index (χ0) is 11.4. The molecule has 0 aliphatic heterocycles. The highest BCUT2D eigenvalue weighted by Gasteiger charge is 2.08. The van der Waals surface area contributed by atoms with Gasteiger partial charge in [-0.15, -0.1) is 0 Å². The smallest absolute Gasteiger partial charge is 0.119 e. The maximum absolute atomic E-state index is 9.80. The number of hydrogen-bond acceptors (Lipinski definition) is 2. The molecule has 1 aromatic carbocycles. The molecule has 0 saturated heterocycles. The van der Waals surface area contributed by atoms with Gasteiger partial charge in [0.25, 0.3) is 0 Å². The van der Waals surface area contributed by atoms with Gasteiger partial charge >= 0.3 is 0 Å². The van der Waals surface area contributed by atoms with Crippen LogP contribution in [0.15, 0.2) is 12.1 Å². The van der Waals surface area contributed by atoms with Gasteiger partial charge in [-0.05, 0) is 55.6 Å². The summed E-state index contributed by atoms with van der Waals surface area (Å²) in [6, 6.07) is 4.01. The van der Waals surface area contributed by atoms with E-state index >= 15 is 0 Å². The van der Waals surface area contributed by atoms with Crippen LogP contribution in [-0.2, 0) is 6.42 Å². The minimum absolute atomic E-state index is 0.423. The minimum Gasteiger partial charge on any atom is -0.508 e. The fourth-order valence-electron chi connectivity index (χ4n) is 1.84. The zero-order valence-corrected chi connectivity index (χ0v) is 10.1. The quantitative estimate of drug-likeness (QED) is 0.795. The van der Waals surface area contributed by atoms with E-state index in [0.717, 1.165) is 18.5 Å². The van der Waals surface area contributed by atoms with Gasteiger partial charge in [-0.1, -0.05) is 19.9 Å². The summed E-state index contributed by atoms with van der Waals surface area (Å²) in [6.45, 7) is 7.31. The molecule has 0 bridgehead atoms. The molecule has 0 amide bonds. The van der Waals surface area contributed by atoms with E-state index in [0.29, 0.717) is 11.7 Å². The first-order valence-corrected chi connectivity index (χ1v) is 5.53. The first-order valence-electron chi connectivity index (χ1n) is 5.53. The maximum atomic E-state index is 9.80. The van der Waals surface area contributed by atoms with Crippen molar-refractivity contribution in [2.24, 2.45) is 0 Å². The Morgan fingerprint density at radius 3 is 2.53 bits per heavy atom. The largest absolute Gasteiger partial charge is 0.508 e. The van der Waals surface area contributed by atoms with Gasteiger partial charge in [0, 0.05) is 0 Å². The van der Waals surface area contributed by atoms with Gasteiger partial charge in [0.05, 0.1) is 0 Å². The Labute approximate surface area is 92.3 Å². The van der Waals surface area contributed by atoms with Crippen molar-refractivity contribution < 1.29 is 5.11 Å². The number of phenolic OH excluding ortho intramolecular Hbond substituents is 1. The third-order valence-corrected chi connectivity index (χ3v) is 2.73. The van der Waals surface area contributed by atoms with Gasteiger partial charge in [0.1, 0.15) is 5.75 Å². The first-order chi connectivity index (χ1) is 7.06. The Bertz CT molecular complexity index is 332. The lowest BCUT2D eigenvalue weighted by Gasteiger charge is -2.13. The van der Waals surface area contributed by atoms with Crippen molar-refractivity contribution in [3.63, 3.8) is 0 Å². The number of phenols is 1. The van der Waals surface area contributed by atoms with Crippen molar-refractivity contribution in [1.29, 1.82) is 0 Å². The Morgan fingerprint density at radius 2 is 2.00 bits per heavy atom. The molecule has 0 saturated carbocycles. The van der Waals surface area contributed by atoms with Gasteiger partial charge in [0.15, 0.2) is 0 Å². The molecule has 1 rings (SSSR count). The van der Waals surface area contributed by atoms with Crippen LogP contribution >= 0.6 is 0 Å². The molecule has 2 N–H and O–H groups in total. The summed E-state index contributed by atoms with van der Waals surface area (Å²) >= 11 is 0. The second kappa shape index (κ2) is 5.17. The summed E-state index contributed by atoms with van der Waals surface area (Å²) in [4.78, 5) is 0. The minimum atomic E-state index is 0.423. The van der Waals surface area contributed by atoms with Crippen LogP contribution in [0.2, 0.25) is 0 Å². The molecule has 1 aromatic rings. The van der Waals surface area contributed by atoms with Crippen LogP contribution in [0.4, 0.5) is 0 Å². The third-order valence-electron chi connectivity index (χ3n) is 2.73. The topological polar surface area (TPSA) is 32.3 Å². The molecule has 0 aliphatic rings. The Hall–Kier alpha value is -1.02. The van der Waals surface area contributed by atoms with Crippen LogP contribution in [0.3, 0.4) is 0 Å². The van der Waals surface area contributed by atoms with Crippen molar-refractivity contribution in [2.45, 2.75) is 33.1 Å². The molecular weight excluding hydrogens is 186 g/mol. The van der Waals surface area contributed by atoms with E-state index in [4.69, 9.17) is 0 Å². The van der Waals surface area contributed by atoms with Crippen molar-refractivity contribution in [3.05, 3.63) is 28.8 Å². The second-order valence-electron chi connectivity index (χ2n) is 4.35. The second-order valence-corrected chi connectivity index (χ2v) is 4.35.